The number of rotatable bonds is 6. The van der Waals surface area contributed by atoms with Crippen LogP contribution in [0.3, 0.4) is 0 Å². The Morgan fingerprint density at radius 3 is 2.94 bits per heavy atom. The molecule has 0 aromatic rings. The number of carbonyl (C=O) groups excluding carboxylic acids is 1. The van der Waals surface area contributed by atoms with Gasteiger partial charge in [0.1, 0.15) is 0 Å². The Morgan fingerprint density at radius 2 is 2.38 bits per heavy atom. The minimum Gasteiger partial charge on any atom is -0.466 e. The second-order valence-electron chi connectivity index (χ2n) is 4.15. The first-order valence-electron chi connectivity index (χ1n) is 6.24. The van der Waals surface area contributed by atoms with Crippen LogP contribution in [-0.2, 0) is 14.3 Å². The molecule has 2 atom stereocenters. The van der Waals surface area contributed by atoms with Crippen LogP contribution in [0.2, 0.25) is 0 Å². The highest BCUT2D eigenvalue weighted by atomic mass is 16.5. The molecule has 0 amide bonds. The van der Waals surface area contributed by atoms with E-state index < -0.39 is 0 Å². The Morgan fingerprint density at radius 1 is 1.56 bits per heavy atom. The molecule has 0 aromatic heterocycles. The normalized spacial score (nSPS) is 22.8. The third-order valence-corrected chi connectivity index (χ3v) is 2.92. The first-order chi connectivity index (χ1) is 7.77. The average molecular weight is 229 g/mol. The summed E-state index contributed by atoms with van der Waals surface area (Å²) in [5, 5.41) is 3.36. The van der Waals surface area contributed by atoms with E-state index >= 15 is 0 Å². The molecule has 0 radical (unpaired) electrons. The van der Waals surface area contributed by atoms with Crippen molar-refractivity contribution >= 4 is 5.97 Å². The van der Waals surface area contributed by atoms with Crippen LogP contribution >= 0.6 is 0 Å². The maximum Gasteiger partial charge on any atom is 0.307 e. The molecule has 1 aliphatic rings. The fraction of sp³-hybridized carbons (Fsp3) is 0.917. The van der Waals surface area contributed by atoms with Crippen molar-refractivity contribution in [3.05, 3.63) is 0 Å². The Labute approximate surface area is 97.7 Å². The summed E-state index contributed by atoms with van der Waals surface area (Å²) in [5.74, 6) is 0.331. The van der Waals surface area contributed by atoms with Crippen LogP contribution < -0.4 is 5.32 Å². The van der Waals surface area contributed by atoms with Crippen LogP contribution in [0.15, 0.2) is 0 Å². The van der Waals surface area contributed by atoms with Crippen molar-refractivity contribution in [3.8, 4) is 0 Å². The molecule has 0 spiro atoms. The van der Waals surface area contributed by atoms with Gasteiger partial charge in [0.25, 0.3) is 0 Å². The van der Waals surface area contributed by atoms with Crippen molar-refractivity contribution in [2.45, 2.75) is 39.2 Å². The maximum atomic E-state index is 11.5. The van der Waals surface area contributed by atoms with Crippen LogP contribution in [-0.4, -0.2) is 38.4 Å². The van der Waals surface area contributed by atoms with Crippen molar-refractivity contribution < 1.29 is 14.3 Å². The van der Waals surface area contributed by atoms with Gasteiger partial charge < -0.3 is 14.8 Å². The highest BCUT2D eigenvalue weighted by molar-refractivity contribution is 5.70. The van der Waals surface area contributed by atoms with Gasteiger partial charge in [-0.05, 0) is 32.2 Å². The number of nitrogens with one attached hydrogen (secondary N) is 1. The molecule has 0 aliphatic carbocycles. The maximum absolute atomic E-state index is 11.5. The summed E-state index contributed by atoms with van der Waals surface area (Å²) in [5.41, 5.74) is 0. The van der Waals surface area contributed by atoms with Gasteiger partial charge in [0, 0.05) is 12.6 Å². The minimum absolute atomic E-state index is 0.112. The highest BCUT2D eigenvalue weighted by Gasteiger charge is 2.25. The average Bonchev–Trinajstić information content (AvgIpc) is 2.30. The fourth-order valence-corrected chi connectivity index (χ4v) is 2.15. The van der Waals surface area contributed by atoms with Gasteiger partial charge in [0.05, 0.1) is 19.6 Å². The molecule has 4 nitrogen and oxygen atoms in total. The summed E-state index contributed by atoms with van der Waals surface area (Å²) >= 11 is 0. The third-order valence-electron chi connectivity index (χ3n) is 2.92. The molecular formula is C12H23NO3. The highest BCUT2D eigenvalue weighted by Crippen LogP contribution is 2.19. The van der Waals surface area contributed by atoms with E-state index in [0.29, 0.717) is 18.9 Å². The van der Waals surface area contributed by atoms with E-state index in [2.05, 4.69) is 12.2 Å². The van der Waals surface area contributed by atoms with E-state index in [1.54, 1.807) is 0 Å². The molecule has 16 heavy (non-hydrogen) atoms. The number of hydrogen-bond acceptors (Lipinski definition) is 4. The van der Waals surface area contributed by atoms with Crippen LogP contribution in [0.25, 0.3) is 0 Å². The summed E-state index contributed by atoms with van der Waals surface area (Å²) in [6.45, 7) is 6.84. The van der Waals surface area contributed by atoms with Crippen molar-refractivity contribution in [2.75, 3.05) is 26.4 Å². The van der Waals surface area contributed by atoms with E-state index in [0.717, 1.165) is 32.6 Å². The molecule has 94 valence electrons. The van der Waals surface area contributed by atoms with E-state index in [-0.39, 0.29) is 12.0 Å². The standard InChI is InChI=1S/C12H23NO3/c1-3-13-11(8-12(14)16-4-2)10-6-5-7-15-9-10/h10-11,13H,3-9H2,1-2H3. The van der Waals surface area contributed by atoms with Gasteiger partial charge in [-0.15, -0.1) is 0 Å². The molecule has 2 unspecified atom stereocenters. The smallest absolute Gasteiger partial charge is 0.307 e. The summed E-state index contributed by atoms with van der Waals surface area (Å²) in [6, 6.07) is 0.198. The predicted molar refractivity (Wildman–Crippen MR) is 62.3 cm³/mol. The van der Waals surface area contributed by atoms with Gasteiger partial charge in [-0.1, -0.05) is 6.92 Å². The van der Waals surface area contributed by atoms with Crippen LogP contribution in [0.5, 0.6) is 0 Å². The van der Waals surface area contributed by atoms with Gasteiger partial charge in [-0.2, -0.15) is 0 Å². The number of ether oxygens (including phenoxy) is 2. The van der Waals surface area contributed by atoms with Crippen molar-refractivity contribution in [2.24, 2.45) is 5.92 Å². The van der Waals surface area contributed by atoms with Crippen LogP contribution in [0.4, 0.5) is 0 Å². The van der Waals surface area contributed by atoms with Crippen LogP contribution in [0.1, 0.15) is 33.1 Å². The Bertz CT molecular complexity index is 202. The summed E-state index contributed by atoms with van der Waals surface area (Å²) in [4.78, 5) is 11.5. The second-order valence-corrected chi connectivity index (χ2v) is 4.15. The zero-order valence-electron chi connectivity index (χ0n) is 10.3. The van der Waals surface area contributed by atoms with E-state index in [1.165, 1.54) is 0 Å². The van der Waals surface area contributed by atoms with Gasteiger partial charge in [-0.25, -0.2) is 0 Å². The summed E-state index contributed by atoms with van der Waals surface area (Å²) in [6.07, 6.45) is 2.68. The van der Waals surface area contributed by atoms with Crippen LogP contribution in [0, 0.1) is 5.92 Å². The van der Waals surface area contributed by atoms with E-state index in [1.807, 2.05) is 6.92 Å². The second kappa shape index (κ2) is 7.63. The SMILES string of the molecule is CCNC(CC(=O)OCC)C1CCCOC1. The van der Waals surface area contributed by atoms with E-state index in [9.17, 15) is 4.79 Å². The molecule has 1 saturated heterocycles. The van der Waals surface area contributed by atoms with Gasteiger partial charge in [0.2, 0.25) is 0 Å². The predicted octanol–water partition coefficient (Wildman–Crippen LogP) is 1.34. The molecule has 0 bridgehead atoms. The lowest BCUT2D eigenvalue weighted by Gasteiger charge is -2.30. The summed E-state index contributed by atoms with van der Waals surface area (Å²) < 4.78 is 10.4. The lowest BCUT2D eigenvalue weighted by atomic mass is 9.91. The lowest BCUT2D eigenvalue weighted by molar-refractivity contribution is -0.144. The van der Waals surface area contributed by atoms with Crippen molar-refractivity contribution in [1.82, 2.24) is 5.32 Å². The monoisotopic (exact) mass is 229 g/mol. The molecule has 1 N–H and O–H groups in total. The quantitative estimate of drug-likeness (QED) is 0.698. The Kier molecular flexibility index (Phi) is 6.42. The minimum atomic E-state index is -0.112. The lowest BCUT2D eigenvalue weighted by Crippen LogP contribution is -2.41. The number of carbonyl (C=O) groups is 1. The molecular weight excluding hydrogens is 206 g/mol. The molecule has 1 heterocycles. The van der Waals surface area contributed by atoms with Crippen molar-refractivity contribution in [1.29, 1.82) is 0 Å². The molecule has 4 heteroatoms. The Hall–Kier alpha value is -0.610. The topological polar surface area (TPSA) is 47.6 Å². The molecule has 1 rings (SSSR count). The number of esters is 1. The zero-order chi connectivity index (χ0) is 11.8. The summed E-state index contributed by atoms with van der Waals surface area (Å²) in [7, 11) is 0. The first kappa shape index (κ1) is 13.5. The molecule has 0 saturated carbocycles. The van der Waals surface area contributed by atoms with Gasteiger partial charge in [0.15, 0.2) is 0 Å². The fourth-order valence-electron chi connectivity index (χ4n) is 2.15. The molecule has 0 aromatic carbocycles. The van der Waals surface area contributed by atoms with Gasteiger partial charge >= 0.3 is 5.97 Å². The number of hydrogen-bond donors (Lipinski definition) is 1. The zero-order valence-corrected chi connectivity index (χ0v) is 10.3. The molecule has 1 aliphatic heterocycles. The van der Waals surface area contributed by atoms with Crippen molar-refractivity contribution in [3.63, 3.8) is 0 Å². The van der Waals surface area contributed by atoms with E-state index in [4.69, 9.17) is 9.47 Å². The first-order valence-corrected chi connectivity index (χ1v) is 6.24. The third kappa shape index (κ3) is 4.49. The largest absolute Gasteiger partial charge is 0.466 e. The molecule has 1 fully saturated rings. The van der Waals surface area contributed by atoms with Gasteiger partial charge in [-0.3, -0.25) is 4.79 Å². The Balaban J connectivity index is 2.41.